The van der Waals surface area contributed by atoms with Crippen LogP contribution in [0.15, 0.2) is 36.4 Å². The molecular formula is C21H24N2O5. The third kappa shape index (κ3) is 4.67. The molecule has 1 atom stereocenters. The van der Waals surface area contributed by atoms with Gasteiger partial charge in [-0.25, -0.2) is 9.78 Å². The number of aromatic nitrogens is 1. The van der Waals surface area contributed by atoms with Gasteiger partial charge in [-0.05, 0) is 49.6 Å². The van der Waals surface area contributed by atoms with Gasteiger partial charge in [-0.3, -0.25) is 4.79 Å². The number of aromatic carboxylic acids is 1. The summed E-state index contributed by atoms with van der Waals surface area (Å²) in [6.45, 7) is 3.14. The van der Waals surface area contributed by atoms with Gasteiger partial charge in [0.15, 0.2) is 0 Å². The van der Waals surface area contributed by atoms with Crippen molar-refractivity contribution in [2.75, 3.05) is 20.3 Å². The third-order valence-corrected chi connectivity index (χ3v) is 4.78. The summed E-state index contributed by atoms with van der Waals surface area (Å²) in [4.78, 5) is 30.3. The number of ether oxygens (including phenoxy) is 2. The smallest absolute Gasteiger partial charge is 0.337 e. The van der Waals surface area contributed by atoms with Crippen LogP contribution >= 0.6 is 0 Å². The van der Waals surface area contributed by atoms with Crippen LogP contribution in [0.2, 0.25) is 0 Å². The molecule has 0 radical (unpaired) electrons. The second-order valence-electron chi connectivity index (χ2n) is 6.81. The minimum absolute atomic E-state index is 0.00560. The summed E-state index contributed by atoms with van der Waals surface area (Å²) in [7, 11) is 1.60. The van der Waals surface area contributed by atoms with E-state index in [2.05, 4.69) is 4.98 Å². The molecule has 1 N–H and O–H groups in total. The molecule has 1 aliphatic rings. The number of carbonyl (C=O) groups is 2. The second kappa shape index (κ2) is 8.84. The zero-order valence-corrected chi connectivity index (χ0v) is 16.1. The van der Waals surface area contributed by atoms with Crippen LogP contribution < -0.4 is 4.74 Å². The van der Waals surface area contributed by atoms with E-state index in [-0.39, 0.29) is 23.3 Å². The largest absolute Gasteiger partial charge is 0.497 e. The molecule has 0 spiro atoms. The van der Waals surface area contributed by atoms with Crippen molar-refractivity contribution in [1.82, 2.24) is 9.88 Å². The van der Waals surface area contributed by atoms with Gasteiger partial charge in [0.05, 0.1) is 24.5 Å². The molecule has 28 heavy (non-hydrogen) atoms. The zero-order chi connectivity index (χ0) is 20.1. The number of carboxylic acid groups (broad SMARTS) is 1. The molecule has 1 aromatic carbocycles. The maximum absolute atomic E-state index is 13.2. The Kier molecular flexibility index (Phi) is 6.26. The standard InChI is InChI=1S/C21H24N2O5/c1-14-18(21(25)26)8-9-19(22-14)20(24)23(13-17-7-4-10-28-17)12-15-5-3-6-16(11-15)27-2/h3,5-6,8-9,11,17H,4,7,10,12-13H2,1-2H3,(H,25,26). The van der Waals surface area contributed by atoms with Crippen molar-refractivity contribution >= 4 is 11.9 Å². The van der Waals surface area contributed by atoms with Crippen molar-refractivity contribution in [2.45, 2.75) is 32.4 Å². The van der Waals surface area contributed by atoms with Crippen molar-refractivity contribution in [2.24, 2.45) is 0 Å². The maximum Gasteiger partial charge on any atom is 0.337 e. The van der Waals surface area contributed by atoms with Gasteiger partial charge in [0.2, 0.25) is 0 Å². The topological polar surface area (TPSA) is 89.0 Å². The molecule has 7 heteroatoms. The average Bonchev–Trinajstić information content (AvgIpc) is 3.20. The lowest BCUT2D eigenvalue weighted by atomic mass is 10.1. The summed E-state index contributed by atoms with van der Waals surface area (Å²) in [6, 6.07) is 10.4. The molecule has 1 unspecified atom stereocenters. The van der Waals surface area contributed by atoms with Gasteiger partial charge in [-0.1, -0.05) is 12.1 Å². The van der Waals surface area contributed by atoms with Crippen molar-refractivity contribution in [3.63, 3.8) is 0 Å². The van der Waals surface area contributed by atoms with Crippen LogP contribution in [0.25, 0.3) is 0 Å². The fourth-order valence-corrected chi connectivity index (χ4v) is 3.31. The Morgan fingerprint density at radius 1 is 1.32 bits per heavy atom. The fraction of sp³-hybridized carbons (Fsp3) is 0.381. The molecule has 7 nitrogen and oxygen atoms in total. The highest BCUT2D eigenvalue weighted by Gasteiger charge is 2.25. The number of aryl methyl sites for hydroxylation is 1. The lowest BCUT2D eigenvalue weighted by Crippen LogP contribution is -2.37. The lowest BCUT2D eigenvalue weighted by molar-refractivity contribution is 0.0502. The highest BCUT2D eigenvalue weighted by atomic mass is 16.5. The van der Waals surface area contributed by atoms with E-state index in [1.165, 1.54) is 12.1 Å². The molecule has 1 aromatic heterocycles. The number of carbonyl (C=O) groups excluding carboxylic acids is 1. The molecule has 2 aromatic rings. The molecule has 1 amide bonds. The first kappa shape index (κ1) is 19.8. The van der Waals surface area contributed by atoms with E-state index in [9.17, 15) is 14.7 Å². The Hall–Kier alpha value is -2.93. The number of hydrogen-bond acceptors (Lipinski definition) is 5. The predicted octanol–water partition coefficient (Wildman–Crippen LogP) is 2.92. The second-order valence-corrected chi connectivity index (χ2v) is 6.81. The molecule has 1 aliphatic heterocycles. The molecule has 1 fully saturated rings. The Bertz CT molecular complexity index is 862. The minimum atomic E-state index is -1.06. The van der Waals surface area contributed by atoms with Gasteiger partial charge in [-0.2, -0.15) is 0 Å². The molecule has 0 saturated carbocycles. The zero-order valence-electron chi connectivity index (χ0n) is 16.1. The number of rotatable bonds is 7. The van der Waals surface area contributed by atoms with E-state index in [4.69, 9.17) is 9.47 Å². The monoisotopic (exact) mass is 384 g/mol. The number of amides is 1. The van der Waals surface area contributed by atoms with Crippen LogP contribution in [0, 0.1) is 6.92 Å². The Morgan fingerprint density at radius 3 is 2.79 bits per heavy atom. The van der Waals surface area contributed by atoms with Gasteiger partial charge < -0.3 is 19.5 Å². The van der Waals surface area contributed by atoms with Crippen LogP contribution in [0.4, 0.5) is 0 Å². The number of pyridine rings is 1. The van der Waals surface area contributed by atoms with Gasteiger partial charge >= 0.3 is 5.97 Å². The Morgan fingerprint density at radius 2 is 2.14 bits per heavy atom. The summed E-state index contributed by atoms with van der Waals surface area (Å²) in [5.74, 6) is -0.586. The minimum Gasteiger partial charge on any atom is -0.497 e. The summed E-state index contributed by atoms with van der Waals surface area (Å²) < 4.78 is 11.0. The molecule has 0 bridgehead atoms. The number of benzene rings is 1. The summed E-state index contributed by atoms with van der Waals surface area (Å²) >= 11 is 0. The van der Waals surface area contributed by atoms with Gasteiger partial charge in [0.25, 0.3) is 5.91 Å². The van der Waals surface area contributed by atoms with Gasteiger partial charge in [-0.15, -0.1) is 0 Å². The Labute approximate surface area is 163 Å². The summed E-state index contributed by atoms with van der Waals surface area (Å²) in [5.41, 5.74) is 1.57. The van der Waals surface area contributed by atoms with Gasteiger partial charge in [0.1, 0.15) is 11.4 Å². The van der Waals surface area contributed by atoms with E-state index in [1.807, 2.05) is 24.3 Å². The van der Waals surface area contributed by atoms with E-state index >= 15 is 0 Å². The predicted molar refractivity (Wildman–Crippen MR) is 103 cm³/mol. The van der Waals surface area contributed by atoms with Crippen LogP contribution in [0.3, 0.4) is 0 Å². The molecule has 2 heterocycles. The summed E-state index contributed by atoms with van der Waals surface area (Å²) in [5, 5.41) is 9.17. The number of nitrogens with zero attached hydrogens (tertiary/aromatic N) is 2. The van der Waals surface area contributed by atoms with Crippen molar-refractivity contribution in [3.05, 3.63) is 58.9 Å². The number of carboxylic acids is 1. The fourth-order valence-electron chi connectivity index (χ4n) is 3.31. The van der Waals surface area contributed by atoms with E-state index in [1.54, 1.807) is 18.9 Å². The van der Waals surface area contributed by atoms with Crippen LogP contribution in [0.5, 0.6) is 5.75 Å². The van der Waals surface area contributed by atoms with Gasteiger partial charge in [0, 0.05) is 19.7 Å². The first-order valence-corrected chi connectivity index (χ1v) is 9.22. The third-order valence-electron chi connectivity index (χ3n) is 4.78. The van der Waals surface area contributed by atoms with Crippen LogP contribution in [-0.2, 0) is 11.3 Å². The highest BCUT2D eigenvalue weighted by Crippen LogP contribution is 2.19. The van der Waals surface area contributed by atoms with Crippen molar-refractivity contribution in [3.8, 4) is 5.75 Å². The Balaban J connectivity index is 1.85. The number of hydrogen-bond donors (Lipinski definition) is 1. The molecule has 3 rings (SSSR count). The maximum atomic E-state index is 13.2. The van der Waals surface area contributed by atoms with Crippen LogP contribution in [-0.4, -0.2) is 53.2 Å². The normalized spacial score (nSPS) is 16.0. The molecular weight excluding hydrogens is 360 g/mol. The van der Waals surface area contributed by atoms with E-state index < -0.39 is 5.97 Å². The first-order chi connectivity index (χ1) is 13.5. The lowest BCUT2D eigenvalue weighted by Gasteiger charge is -2.25. The van der Waals surface area contributed by atoms with Crippen molar-refractivity contribution < 1.29 is 24.2 Å². The summed E-state index contributed by atoms with van der Waals surface area (Å²) in [6.07, 6.45) is 1.89. The van der Waals surface area contributed by atoms with E-state index in [0.29, 0.717) is 25.4 Å². The van der Waals surface area contributed by atoms with E-state index in [0.717, 1.165) is 24.2 Å². The number of methoxy groups -OCH3 is 1. The highest BCUT2D eigenvalue weighted by molar-refractivity contribution is 5.94. The molecule has 0 aliphatic carbocycles. The van der Waals surface area contributed by atoms with Crippen LogP contribution in [0.1, 0.15) is 44.9 Å². The average molecular weight is 384 g/mol. The molecule has 148 valence electrons. The van der Waals surface area contributed by atoms with Crippen molar-refractivity contribution in [1.29, 1.82) is 0 Å². The molecule has 1 saturated heterocycles. The SMILES string of the molecule is COc1cccc(CN(CC2CCCO2)C(=O)c2ccc(C(=O)O)c(C)n2)c1. The first-order valence-electron chi connectivity index (χ1n) is 9.22. The quantitative estimate of drug-likeness (QED) is 0.790.